The average Bonchev–Trinajstić information content (AvgIpc) is 2.66. The van der Waals surface area contributed by atoms with Gasteiger partial charge in [-0.05, 0) is 45.4 Å². The zero-order valence-corrected chi connectivity index (χ0v) is 18.0. The standard InChI is InChI=1S/C21H27F3N2O5/c1-5-30-18(28)17(27)16-12-15(21(22,23)24)7-6-14(16)13-25-8-10-26(11-9-25)19(29)31-20(2,3)4/h6-7,12H,5,8-11,13H2,1-4H3. The summed E-state index contributed by atoms with van der Waals surface area (Å²) in [5.74, 6) is -2.31. The van der Waals surface area contributed by atoms with Crippen LogP contribution in [0.2, 0.25) is 0 Å². The van der Waals surface area contributed by atoms with Gasteiger partial charge >= 0.3 is 18.2 Å². The summed E-state index contributed by atoms with van der Waals surface area (Å²) in [5, 5.41) is 0. The molecule has 1 heterocycles. The third kappa shape index (κ3) is 6.95. The number of amides is 1. The van der Waals surface area contributed by atoms with Crippen LogP contribution in [0.5, 0.6) is 0 Å². The van der Waals surface area contributed by atoms with Crippen molar-refractivity contribution in [3.05, 3.63) is 34.9 Å². The Morgan fingerprint density at radius 1 is 1.03 bits per heavy atom. The van der Waals surface area contributed by atoms with E-state index in [4.69, 9.17) is 4.74 Å². The van der Waals surface area contributed by atoms with Gasteiger partial charge in [0.15, 0.2) is 0 Å². The van der Waals surface area contributed by atoms with Gasteiger partial charge in [0.1, 0.15) is 5.60 Å². The van der Waals surface area contributed by atoms with E-state index in [9.17, 15) is 27.6 Å². The first kappa shape index (κ1) is 24.6. The Labute approximate surface area is 179 Å². The number of nitrogens with zero attached hydrogens (tertiary/aromatic N) is 2. The molecule has 31 heavy (non-hydrogen) atoms. The van der Waals surface area contributed by atoms with Gasteiger partial charge in [-0.1, -0.05) is 6.07 Å². The lowest BCUT2D eigenvalue weighted by atomic mass is 9.99. The lowest BCUT2D eigenvalue weighted by Crippen LogP contribution is -2.49. The Bertz CT molecular complexity index is 825. The number of carbonyl (C=O) groups is 3. The molecule has 1 aromatic rings. The van der Waals surface area contributed by atoms with Crippen LogP contribution in [0.1, 0.15) is 49.2 Å². The van der Waals surface area contributed by atoms with Gasteiger partial charge in [-0.25, -0.2) is 9.59 Å². The number of alkyl halides is 3. The van der Waals surface area contributed by atoms with Crippen molar-refractivity contribution in [2.24, 2.45) is 0 Å². The molecule has 0 radical (unpaired) electrons. The summed E-state index contributed by atoms with van der Waals surface area (Å²) in [6.45, 7) is 8.53. The molecule has 7 nitrogen and oxygen atoms in total. The summed E-state index contributed by atoms with van der Waals surface area (Å²) in [6, 6.07) is 2.77. The summed E-state index contributed by atoms with van der Waals surface area (Å²) >= 11 is 0. The third-order valence-electron chi connectivity index (χ3n) is 4.56. The molecule has 1 saturated heterocycles. The third-order valence-corrected chi connectivity index (χ3v) is 4.56. The number of ketones is 1. The summed E-state index contributed by atoms with van der Waals surface area (Å²) in [7, 11) is 0. The van der Waals surface area contributed by atoms with Gasteiger partial charge in [-0.2, -0.15) is 13.2 Å². The molecule has 172 valence electrons. The second-order valence-corrected chi connectivity index (χ2v) is 8.16. The predicted octanol–water partition coefficient (Wildman–Crippen LogP) is 3.50. The second-order valence-electron chi connectivity index (χ2n) is 8.16. The number of Topliss-reactive ketones (excluding diaryl/α,β-unsaturated/α-hetero) is 1. The van der Waals surface area contributed by atoms with Gasteiger partial charge in [0.25, 0.3) is 5.78 Å². The Hall–Kier alpha value is -2.62. The highest BCUT2D eigenvalue weighted by atomic mass is 19.4. The Balaban J connectivity index is 2.15. The zero-order chi connectivity index (χ0) is 23.4. The van der Waals surface area contributed by atoms with Crippen molar-refractivity contribution in [3.63, 3.8) is 0 Å². The van der Waals surface area contributed by atoms with Gasteiger partial charge < -0.3 is 14.4 Å². The minimum atomic E-state index is -4.65. The quantitative estimate of drug-likeness (QED) is 0.393. The van der Waals surface area contributed by atoms with E-state index < -0.39 is 35.2 Å². The normalized spacial score (nSPS) is 15.5. The molecule has 2 rings (SSSR count). The Morgan fingerprint density at radius 3 is 2.16 bits per heavy atom. The van der Waals surface area contributed by atoms with E-state index in [1.807, 2.05) is 4.90 Å². The minimum absolute atomic E-state index is 0.0640. The predicted molar refractivity (Wildman–Crippen MR) is 105 cm³/mol. The zero-order valence-electron chi connectivity index (χ0n) is 18.0. The van der Waals surface area contributed by atoms with Gasteiger partial charge in [-0.15, -0.1) is 0 Å². The molecule has 1 fully saturated rings. The van der Waals surface area contributed by atoms with E-state index >= 15 is 0 Å². The van der Waals surface area contributed by atoms with E-state index in [1.54, 1.807) is 25.7 Å². The molecule has 0 N–H and O–H groups in total. The summed E-state index contributed by atoms with van der Waals surface area (Å²) in [5.41, 5.74) is -1.67. The van der Waals surface area contributed by atoms with E-state index in [2.05, 4.69) is 4.74 Å². The maximum Gasteiger partial charge on any atom is 0.416 e. The van der Waals surface area contributed by atoms with Crippen LogP contribution >= 0.6 is 0 Å². The van der Waals surface area contributed by atoms with Gasteiger partial charge in [0, 0.05) is 38.3 Å². The molecule has 1 amide bonds. The van der Waals surface area contributed by atoms with Crippen molar-refractivity contribution in [2.75, 3.05) is 32.8 Å². The van der Waals surface area contributed by atoms with Crippen molar-refractivity contribution in [1.82, 2.24) is 9.80 Å². The first-order valence-corrected chi connectivity index (χ1v) is 9.93. The number of rotatable bonds is 5. The van der Waals surface area contributed by atoms with Crippen LogP contribution in [-0.2, 0) is 27.0 Å². The molecular weight excluding hydrogens is 417 g/mol. The van der Waals surface area contributed by atoms with E-state index in [-0.39, 0.29) is 24.3 Å². The smallest absolute Gasteiger partial charge is 0.416 e. The number of halogens is 3. The minimum Gasteiger partial charge on any atom is -0.460 e. The molecule has 0 atom stereocenters. The molecular formula is C21H27F3N2O5. The SMILES string of the molecule is CCOC(=O)C(=O)c1cc(C(F)(F)F)ccc1CN1CCN(C(=O)OC(C)(C)C)CC1. The van der Waals surface area contributed by atoms with Gasteiger partial charge in [0.05, 0.1) is 12.2 Å². The molecule has 1 aliphatic heterocycles. The van der Waals surface area contributed by atoms with Crippen LogP contribution in [0.4, 0.5) is 18.0 Å². The molecule has 10 heteroatoms. The molecule has 0 spiro atoms. The van der Waals surface area contributed by atoms with Crippen molar-refractivity contribution < 1.29 is 37.0 Å². The highest BCUT2D eigenvalue weighted by Crippen LogP contribution is 2.31. The molecule has 1 aromatic carbocycles. The summed E-state index contributed by atoms with van der Waals surface area (Å²) < 4.78 is 49.4. The Kier molecular flexibility index (Phi) is 7.69. The summed E-state index contributed by atoms with van der Waals surface area (Å²) in [4.78, 5) is 39.9. The van der Waals surface area contributed by atoms with Crippen molar-refractivity contribution in [2.45, 2.75) is 46.0 Å². The van der Waals surface area contributed by atoms with Crippen LogP contribution in [0.25, 0.3) is 0 Å². The lowest BCUT2D eigenvalue weighted by molar-refractivity contribution is -0.139. The fourth-order valence-electron chi connectivity index (χ4n) is 3.06. The first-order chi connectivity index (χ1) is 14.3. The fourth-order valence-corrected chi connectivity index (χ4v) is 3.06. The fraction of sp³-hybridized carbons (Fsp3) is 0.571. The van der Waals surface area contributed by atoms with Crippen molar-refractivity contribution in [1.29, 1.82) is 0 Å². The van der Waals surface area contributed by atoms with E-state index in [0.29, 0.717) is 32.2 Å². The maximum atomic E-state index is 13.1. The highest BCUT2D eigenvalue weighted by molar-refractivity contribution is 6.41. The van der Waals surface area contributed by atoms with Gasteiger partial charge in [0.2, 0.25) is 0 Å². The number of piperazine rings is 1. The number of hydrogen-bond donors (Lipinski definition) is 0. The summed E-state index contributed by atoms with van der Waals surface area (Å²) in [6.07, 6.45) is -5.08. The monoisotopic (exact) mass is 444 g/mol. The van der Waals surface area contributed by atoms with Gasteiger partial charge in [-0.3, -0.25) is 9.69 Å². The topological polar surface area (TPSA) is 76.2 Å². The average molecular weight is 444 g/mol. The number of carbonyl (C=O) groups excluding carboxylic acids is 3. The highest BCUT2D eigenvalue weighted by Gasteiger charge is 2.33. The molecule has 0 unspecified atom stereocenters. The number of benzene rings is 1. The molecule has 0 bridgehead atoms. The molecule has 0 aliphatic carbocycles. The van der Waals surface area contributed by atoms with Crippen molar-refractivity contribution >= 4 is 17.8 Å². The largest absolute Gasteiger partial charge is 0.460 e. The first-order valence-electron chi connectivity index (χ1n) is 9.93. The second kappa shape index (κ2) is 9.67. The number of ether oxygens (including phenoxy) is 2. The maximum absolute atomic E-state index is 13.1. The van der Waals surface area contributed by atoms with Crippen LogP contribution in [0, 0.1) is 0 Å². The molecule has 0 aromatic heterocycles. The number of hydrogen-bond acceptors (Lipinski definition) is 6. The van der Waals surface area contributed by atoms with Crippen LogP contribution < -0.4 is 0 Å². The number of esters is 1. The van der Waals surface area contributed by atoms with Crippen molar-refractivity contribution in [3.8, 4) is 0 Å². The van der Waals surface area contributed by atoms with Crippen LogP contribution in [-0.4, -0.2) is 66.0 Å². The lowest BCUT2D eigenvalue weighted by Gasteiger charge is -2.35. The Morgan fingerprint density at radius 2 is 1.65 bits per heavy atom. The van der Waals surface area contributed by atoms with E-state index in [0.717, 1.165) is 6.07 Å². The van der Waals surface area contributed by atoms with E-state index in [1.165, 1.54) is 13.0 Å². The van der Waals surface area contributed by atoms with Crippen LogP contribution in [0.3, 0.4) is 0 Å². The molecule has 0 saturated carbocycles. The van der Waals surface area contributed by atoms with Crippen LogP contribution in [0.15, 0.2) is 18.2 Å². The molecule has 1 aliphatic rings.